The predicted molar refractivity (Wildman–Crippen MR) is 229 cm³/mol. The molecular weight excluding hydrogens is 651 g/mol. The Morgan fingerprint density at radius 1 is 0.519 bits per heavy atom. The molecule has 54 heavy (non-hydrogen) atoms. The molecule has 0 saturated heterocycles. The van der Waals surface area contributed by atoms with Crippen LogP contribution in [0.2, 0.25) is 0 Å². The standard InChI is InChI=1S/C53H37N/c1-3-12-33(13-4-1)49-42-26-24-36(47-22-7-8-29-54-47)31-46(42)50(34-14-5-2-6-15-34)52-43-21-11-20-39-37(27-28-44(51(39)43)53(49)52)35-23-25-38-40-18-9-16-32-17-10-19-41(48(32)40)45(38)30-35/h1-10,12-20,22,24,26-28,30-31,54H,11,21,23,25,29H2. The molecule has 0 saturated carbocycles. The highest BCUT2D eigenvalue weighted by atomic mass is 14.9. The van der Waals surface area contributed by atoms with E-state index in [1.165, 1.54) is 121 Å². The third kappa shape index (κ3) is 4.21. The average Bonchev–Trinajstić information content (AvgIpc) is 3.75. The Balaban J connectivity index is 1.15. The highest BCUT2D eigenvalue weighted by molar-refractivity contribution is 6.20. The minimum atomic E-state index is 0.849. The van der Waals surface area contributed by atoms with Gasteiger partial charge in [0.15, 0.2) is 0 Å². The summed E-state index contributed by atoms with van der Waals surface area (Å²) in [5.41, 5.74) is 22.0. The minimum Gasteiger partial charge on any atom is -0.381 e. The molecule has 254 valence electrons. The molecule has 1 heteroatoms. The summed E-state index contributed by atoms with van der Waals surface area (Å²) in [6.45, 7) is 0.849. The van der Waals surface area contributed by atoms with Crippen LogP contribution < -0.4 is 15.8 Å². The molecule has 5 aliphatic rings. The SMILES string of the molecule is C1=CCNC(c2ccc3c(-c4ccccc4)c4c(c(-c5ccccc5)c3c2)C2=c3c-4ccc(C4=CC5=C(CC4)c4cccc6cccc5c46)c3=CCC2)=C1. The third-order valence-electron chi connectivity index (χ3n) is 12.6. The molecule has 0 amide bonds. The van der Waals surface area contributed by atoms with Gasteiger partial charge >= 0.3 is 0 Å². The number of nitrogens with one attached hydrogen (secondary N) is 1. The van der Waals surface area contributed by atoms with Crippen LogP contribution in [-0.4, -0.2) is 6.54 Å². The fraction of sp³-hybridized carbons (Fsp3) is 0.0943. The highest BCUT2D eigenvalue weighted by Crippen LogP contribution is 2.52. The summed E-state index contributed by atoms with van der Waals surface area (Å²) in [7, 11) is 0. The lowest BCUT2D eigenvalue weighted by molar-refractivity contribution is 0.996. The van der Waals surface area contributed by atoms with Crippen LogP contribution in [-0.2, 0) is 0 Å². The zero-order valence-electron chi connectivity index (χ0n) is 30.0. The van der Waals surface area contributed by atoms with Gasteiger partial charge in [-0.25, -0.2) is 0 Å². The molecule has 1 nitrogen and oxygen atoms in total. The van der Waals surface area contributed by atoms with E-state index < -0.39 is 0 Å². The first-order valence-electron chi connectivity index (χ1n) is 19.5. The fourth-order valence-electron chi connectivity index (χ4n) is 10.4. The molecule has 12 rings (SSSR count). The maximum absolute atomic E-state index is 3.63. The van der Waals surface area contributed by atoms with Crippen molar-refractivity contribution in [2.45, 2.75) is 25.7 Å². The second kappa shape index (κ2) is 11.5. The lowest BCUT2D eigenvalue weighted by Gasteiger charge is -2.23. The van der Waals surface area contributed by atoms with Gasteiger partial charge < -0.3 is 5.32 Å². The summed E-state index contributed by atoms with van der Waals surface area (Å²) < 4.78 is 0. The molecular formula is C53H37N. The van der Waals surface area contributed by atoms with Gasteiger partial charge in [0.25, 0.3) is 0 Å². The molecule has 0 bridgehead atoms. The van der Waals surface area contributed by atoms with Crippen molar-refractivity contribution in [1.82, 2.24) is 5.32 Å². The molecule has 0 aromatic heterocycles. The van der Waals surface area contributed by atoms with E-state index in [1.807, 2.05) is 0 Å². The highest BCUT2D eigenvalue weighted by Gasteiger charge is 2.33. The van der Waals surface area contributed by atoms with Gasteiger partial charge in [0.1, 0.15) is 0 Å². The zero-order chi connectivity index (χ0) is 35.3. The van der Waals surface area contributed by atoms with Crippen LogP contribution in [0.4, 0.5) is 0 Å². The maximum atomic E-state index is 3.63. The maximum Gasteiger partial charge on any atom is 0.0416 e. The molecule has 0 fully saturated rings. The topological polar surface area (TPSA) is 12.0 Å². The Morgan fingerprint density at radius 2 is 1.28 bits per heavy atom. The van der Waals surface area contributed by atoms with Crippen molar-refractivity contribution in [3.63, 3.8) is 0 Å². The Kier molecular flexibility index (Phi) is 6.42. The average molecular weight is 688 g/mol. The molecule has 4 aliphatic carbocycles. The summed E-state index contributed by atoms with van der Waals surface area (Å²) >= 11 is 0. The largest absolute Gasteiger partial charge is 0.381 e. The number of hydrogen-bond donors (Lipinski definition) is 1. The van der Waals surface area contributed by atoms with Crippen molar-refractivity contribution >= 4 is 55.6 Å². The van der Waals surface area contributed by atoms with Crippen LogP contribution in [0.3, 0.4) is 0 Å². The fourth-order valence-corrected chi connectivity index (χ4v) is 10.4. The van der Waals surface area contributed by atoms with Crippen LogP contribution in [0.15, 0.2) is 152 Å². The summed E-state index contributed by atoms with van der Waals surface area (Å²) in [4.78, 5) is 0. The summed E-state index contributed by atoms with van der Waals surface area (Å²) in [6.07, 6.45) is 15.9. The summed E-state index contributed by atoms with van der Waals surface area (Å²) in [6, 6.07) is 48.0. The first-order chi connectivity index (χ1) is 26.8. The zero-order valence-corrected chi connectivity index (χ0v) is 30.0. The summed E-state index contributed by atoms with van der Waals surface area (Å²) in [5, 5.41) is 11.9. The van der Waals surface area contributed by atoms with Crippen LogP contribution in [0.25, 0.3) is 89.0 Å². The van der Waals surface area contributed by atoms with Crippen LogP contribution in [0, 0.1) is 0 Å². The Bertz CT molecular complexity index is 3050. The van der Waals surface area contributed by atoms with Crippen molar-refractivity contribution in [2.24, 2.45) is 0 Å². The lowest BCUT2D eigenvalue weighted by atomic mass is 9.81. The molecule has 1 aliphatic heterocycles. The molecule has 0 radical (unpaired) electrons. The monoisotopic (exact) mass is 687 g/mol. The molecule has 0 unspecified atom stereocenters. The lowest BCUT2D eigenvalue weighted by Crippen LogP contribution is -2.32. The molecule has 0 atom stereocenters. The minimum absolute atomic E-state index is 0.849. The van der Waals surface area contributed by atoms with Crippen molar-refractivity contribution < 1.29 is 0 Å². The van der Waals surface area contributed by atoms with Crippen LogP contribution >= 0.6 is 0 Å². The number of fused-ring (bicyclic) bond motifs is 6. The van der Waals surface area contributed by atoms with Gasteiger partial charge in [-0.2, -0.15) is 0 Å². The Labute approximate surface area is 315 Å². The van der Waals surface area contributed by atoms with Gasteiger partial charge in [0.2, 0.25) is 0 Å². The van der Waals surface area contributed by atoms with Crippen LogP contribution in [0.1, 0.15) is 53.5 Å². The van der Waals surface area contributed by atoms with Gasteiger partial charge in [-0.05, 0) is 153 Å². The van der Waals surface area contributed by atoms with E-state index in [2.05, 4.69) is 163 Å². The second-order valence-electron chi connectivity index (χ2n) is 15.3. The van der Waals surface area contributed by atoms with E-state index in [0.29, 0.717) is 0 Å². The second-order valence-corrected chi connectivity index (χ2v) is 15.3. The van der Waals surface area contributed by atoms with Gasteiger partial charge in [-0.15, -0.1) is 0 Å². The van der Waals surface area contributed by atoms with Crippen LogP contribution in [0.5, 0.6) is 0 Å². The van der Waals surface area contributed by atoms with Gasteiger partial charge in [-0.3, -0.25) is 0 Å². The smallest absolute Gasteiger partial charge is 0.0416 e. The number of allylic oxidation sites excluding steroid dienone is 6. The number of dihydropyridines is 1. The summed E-state index contributed by atoms with van der Waals surface area (Å²) in [5.74, 6) is 0. The molecule has 7 aromatic carbocycles. The van der Waals surface area contributed by atoms with Gasteiger partial charge in [0, 0.05) is 12.2 Å². The van der Waals surface area contributed by atoms with E-state index in [1.54, 1.807) is 0 Å². The normalized spacial score (nSPS) is 16.1. The van der Waals surface area contributed by atoms with E-state index in [0.717, 1.165) is 32.2 Å². The quantitative estimate of drug-likeness (QED) is 0.194. The molecule has 1 heterocycles. The van der Waals surface area contributed by atoms with Gasteiger partial charge in [-0.1, -0.05) is 146 Å². The van der Waals surface area contributed by atoms with Crippen molar-refractivity contribution in [3.8, 4) is 33.4 Å². The van der Waals surface area contributed by atoms with E-state index >= 15 is 0 Å². The van der Waals surface area contributed by atoms with E-state index in [-0.39, 0.29) is 0 Å². The first kappa shape index (κ1) is 30.1. The van der Waals surface area contributed by atoms with Crippen molar-refractivity contribution in [2.75, 3.05) is 6.54 Å². The number of rotatable bonds is 4. The number of benzene rings is 7. The van der Waals surface area contributed by atoms with Crippen molar-refractivity contribution in [1.29, 1.82) is 0 Å². The van der Waals surface area contributed by atoms with Gasteiger partial charge in [0.05, 0.1) is 0 Å². The number of hydrogen-bond acceptors (Lipinski definition) is 1. The van der Waals surface area contributed by atoms with E-state index in [9.17, 15) is 0 Å². The van der Waals surface area contributed by atoms with Crippen molar-refractivity contribution in [3.05, 3.63) is 190 Å². The molecule has 0 spiro atoms. The van der Waals surface area contributed by atoms with E-state index in [4.69, 9.17) is 0 Å². The predicted octanol–water partition coefficient (Wildman–Crippen LogP) is 11.7. The first-order valence-corrected chi connectivity index (χ1v) is 19.5. The Hall–Kier alpha value is -6.44. The molecule has 7 aromatic rings. The molecule has 1 N–H and O–H groups in total. The Morgan fingerprint density at radius 3 is 2.06 bits per heavy atom. The third-order valence-corrected chi connectivity index (χ3v) is 12.6.